The molecule has 1 aliphatic carbocycles. The first-order valence-corrected chi connectivity index (χ1v) is 14.8. The lowest BCUT2D eigenvalue weighted by molar-refractivity contribution is -0.253. The van der Waals surface area contributed by atoms with E-state index in [4.69, 9.17) is 0 Å². The topological polar surface area (TPSA) is 38.3 Å². The molecule has 0 unspecified atom stereocenters. The zero-order valence-corrected chi connectivity index (χ0v) is 24.9. The molecule has 48 heavy (non-hydrogen) atoms. The average molecular weight is 684 g/mol. The van der Waals surface area contributed by atoms with Gasteiger partial charge in [0.05, 0.1) is 11.1 Å². The van der Waals surface area contributed by atoms with Gasteiger partial charge in [0.15, 0.2) is 0 Å². The molecule has 1 saturated carbocycles. The van der Waals surface area contributed by atoms with Crippen molar-refractivity contribution in [2.24, 2.45) is 0 Å². The number of rotatable bonds is 10. The quantitative estimate of drug-likeness (QED) is 0.169. The second-order valence-electron chi connectivity index (χ2n) is 11.6. The standard InChI is InChI=1S/C35H27F10NO2/c36-25-15-24(16-26(18-25)48-35(44,45)32(39)40)33(19-20-6-2-1-3-7-20,23-11-13-29(37)27(17-23)21-8-4-5-9-21)46-31(47)22-10-12-30(38)28(14-22)34(41,42)43/h1-3,6-7,10-18,21,32H,4-5,8-9,19H2,(H,46,47)/t33-/m1/s1. The van der Waals surface area contributed by atoms with Crippen molar-refractivity contribution >= 4 is 5.91 Å². The maximum Gasteiger partial charge on any atom is 0.461 e. The van der Waals surface area contributed by atoms with Crippen LogP contribution in [0.3, 0.4) is 0 Å². The molecule has 0 radical (unpaired) electrons. The highest BCUT2D eigenvalue weighted by Gasteiger charge is 2.45. The number of benzene rings is 4. The molecule has 0 aromatic heterocycles. The van der Waals surface area contributed by atoms with Crippen LogP contribution in [-0.2, 0) is 18.1 Å². The molecular weight excluding hydrogens is 656 g/mol. The minimum atomic E-state index is -5.18. The van der Waals surface area contributed by atoms with Gasteiger partial charge in [0.25, 0.3) is 5.91 Å². The first-order valence-electron chi connectivity index (χ1n) is 14.8. The molecule has 13 heteroatoms. The molecule has 0 heterocycles. The van der Waals surface area contributed by atoms with Crippen molar-refractivity contribution in [1.82, 2.24) is 5.32 Å². The Bertz CT molecular complexity index is 1770. The van der Waals surface area contributed by atoms with Gasteiger partial charge < -0.3 is 10.1 Å². The van der Waals surface area contributed by atoms with Gasteiger partial charge in [-0.2, -0.15) is 30.7 Å². The molecule has 0 bridgehead atoms. The van der Waals surface area contributed by atoms with Crippen molar-refractivity contribution in [2.75, 3.05) is 0 Å². The highest BCUT2D eigenvalue weighted by atomic mass is 19.4. The molecule has 4 aromatic carbocycles. The number of hydrogen-bond donors (Lipinski definition) is 1. The lowest BCUT2D eigenvalue weighted by Crippen LogP contribution is -2.49. The van der Waals surface area contributed by atoms with Crippen molar-refractivity contribution < 1.29 is 53.4 Å². The van der Waals surface area contributed by atoms with E-state index >= 15 is 8.78 Å². The van der Waals surface area contributed by atoms with E-state index in [1.54, 1.807) is 30.3 Å². The van der Waals surface area contributed by atoms with E-state index in [-0.39, 0.29) is 35.1 Å². The summed E-state index contributed by atoms with van der Waals surface area (Å²) < 4.78 is 144. The number of alkyl halides is 7. The van der Waals surface area contributed by atoms with Gasteiger partial charge in [-0.25, -0.2) is 13.2 Å². The second-order valence-corrected chi connectivity index (χ2v) is 11.6. The molecule has 1 amide bonds. The summed E-state index contributed by atoms with van der Waals surface area (Å²) in [4.78, 5) is 13.9. The van der Waals surface area contributed by atoms with Crippen molar-refractivity contribution in [3.8, 4) is 5.75 Å². The molecule has 3 nitrogen and oxygen atoms in total. The predicted molar refractivity (Wildman–Crippen MR) is 155 cm³/mol. The molecule has 1 N–H and O–H groups in total. The Hall–Kier alpha value is -4.55. The third-order valence-electron chi connectivity index (χ3n) is 8.33. The van der Waals surface area contributed by atoms with E-state index in [0.29, 0.717) is 30.5 Å². The Morgan fingerprint density at radius 2 is 1.46 bits per heavy atom. The Morgan fingerprint density at radius 1 is 0.792 bits per heavy atom. The summed E-state index contributed by atoms with van der Waals surface area (Å²) in [6, 6.07) is 15.3. The van der Waals surface area contributed by atoms with Crippen LogP contribution in [0.1, 0.15) is 69.8 Å². The Kier molecular flexibility index (Phi) is 9.79. The van der Waals surface area contributed by atoms with Crippen molar-refractivity contribution in [3.05, 3.63) is 136 Å². The van der Waals surface area contributed by atoms with Gasteiger partial charge in [-0.15, -0.1) is 0 Å². The lowest BCUT2D eigenvalue weighted by Gasteiger charge is -2.37. The van der Waals surface area contributed by atoms with Crippen molar-refractivity contribution in [2.45, 2.75) is 62.3 Å². The second kappa shape index (κ2) is 13.5. The fourth-order valence-electron chi connectivity index (χ4n) is 6.04. The monoisotopic (exact) mass is 683 g/mol. The minimum Gasteiger partial charge on any atom is -0.428 e. The van der Waals surface area contributed by atoms with E-state index in [9.17, 15) is 39.9 Å². The fraction of sp³-hybridized carbons (Fsp3) is 0.286. The molecule has 1 atom stereocenters. The van der Waals surface area contributed by atoms with Crippen LogP contribution in [0.2, 0.25) is 0 Å². The maximum absolute atomic E-state index is 15.3. The highest BCUT2D eigenvalue weighted by molar-refractivity contribution is 5.95. The zero-order valence-electron chi connectivity index (χ0n) is 24.9. The molecule has 254 valence electrons. The zero-order chi connectivity index (χ0) is 34.9. The number of carbonyl (C=O) groups excluding carboxylic acids is 1. The molecular formula is C35H27F10NO2. The van der Waals surface area contributed by atoms with E-state index in [1.165, 1.54) is 12.1 Å². The van der Waals surface area contributed by atoms with Gasteiger partial charge >= 0.3 is 18.7 Å². The summed E-state index contributed by atoms with van der Waals surface area (Å²) in [7, 11) is 0. The normalized spacial score (nSPS) is 15.4. The molecule has 1 fully saturated rings. The third kappa shape index (κ3) is 7.44. The van der Waals surface area contributed by atoms with Gasteiger partial charge in [0.2, 0.25) is 0 Å². The number of halogens is 10. The molecule has 4 aromatic rings. The Morgan fingerprint density at radius 3 is 2.10 bits per heavy atom. The Labute approximate surface area is 268 Å². The van der Waals surface area contributed by atoms with Crippen LogP contribution < -0.4 is 10.1 Å². The van der Waals surface area contributed by atoms with Crippen LogP contribution in [0, 0.1) is 17.5 Å². The Balaban J connectivity index is 1.76. The molecule has 0 saturated heterocycles. The summed E-state index contributed by atoms with van der Waals surface area (Å²) >= 11 is 0. The summed E-state index contributed by atoms with van der Waals surface area (Å²) in [5.74, 6) is -6.04. The molecule has 0 aliphatic heterocycles. The van der Waals surface area contributed by atoms with Crippen molar-refractivity contribution in [1.29, 1.82) is 0 Å². The summed E-state index contributed by atoms with van der Waals surface area (Å²) in [6.45, 7) is 0. The molecule has 0 spiro atoms. The van der Waals surface area contributed by atoms with Crippen LogP contribution in [0.25, 0.3) is 0 Å². The number of carbonyl (C=O) groups is 1. The lowest BCUT2D eigenvalue weighted by atomic mass is 9.76. The fourth-order valence-corrected chi connectivity index (χ4v) is 6.04. The van der Waals surface area contributed by atoms with E-state index in [2.05, 4.69) is 10.1 Å². The van der Waals surface area contributed by atoms with Crippen LogP contribution in [0.5, 0.6) is 5.75 Å². The van der Waals surface area contributed by atoms with Crippen LogP contribution >= 0.6 is 0 Å². The van der Waals surface area contributed by atoms with Crippen LogP contribution in [0.15, 0.2) is 84.9 Å². The van der Waals surface area contributed by atoms with E-state index in [1.807, 2.05) is 0 Å². The minimum absolute atomic E-state index is 0.0679. The smallest absolute Gasteiger partial charge is 0.428 e. The first kappa shape index (κ1) is 34.8. The largest absolute Gasteiger partial charge is 0.461 e. The van der Waals surface area contributed by atoms with E-state index < -0.39 is 64.5 Å². The summed E-state index contributed by atoms with van der Waals surface area (Å²) in [6.07, 6.45) is -12.0. The third-order valence-corrected chi connectivity index (χ3v) is 8.33. The van der Waals surface area contributed by atoms with Gasteiger partial charge in [0.1, 0.15) is 23.2 Å². The number of nitrogens with one attached hydrogen (secondary N) is 1. The van der Waals surface area contributed by atoms with E-state index in [0.717, 1.165) is 37.1 Å². The maximum atomic E-state index is 15.3. The number of amides is 1. The van der Waals surface area contributed by atoms with Crippen molar-refractivity contribution in [3.63, 3.8) is 0 Å². The highest BCUT2D eigenvalue weighted by Crippen LogP contribution is 2.42. The van der Waals surface area contributed by atoms with Crippen LogP contribution in [0.4, 0.5) is 43.9 Å². The van der Waals surface area contributed by atoms with Gasteiger partial charge in [-0.3, -0.25) is 4.79 Å². The average Bonchev–Trinajstić information content (AvgIpc) is 3.55. The van der Waals surface area contributed by atoms with Gasteiger partial charge in [0, 0.05) is 18.1 Å². The SMILES string of the molecule is O=C(N[C@@](Cc1ccccc1)(c1cc(F)cc(OC(F)(F)C(F)F)c1)c1ccc(F)c(C2CCCC2)c1)c1ccc(F)c(C(F)(F)F)c1. The van der Waals surface area contributed by atoms with Gasteiger partial charge in [-0.1, -0.05) is 49.2 Å². The molecule has 1 aliphatic rings. The number of ether oxygens (including phenoxy) is 1. The predicted octanol–water partition coefficient (Wildman–Crippen LogP) is 9.93. The van der Waals surface area contributed by atoms with Gasteiger partial charge in [-0.05, 0) is 83.5 Å². The summed E-state index contributed by atoms with van der Waals surface area (Å²) in [5, 5.41) is 2.59. The van der Waals surface area contributed by atoms with Crippen LogP contribution in [-0.4, -0.2) is 18.4 Å². The first-order chi connectivity index (χ1) is 22.6. The molecule has 5 rings (SSSR count). The number of hydrogen-bond acceptors (Lipinski definition) is 2. The summed E-state index contributed by atoms with van der Waals surface area (Å²) in [5.41, 5.74) is -4.10.